The molecule has 0 fully saturated rings. The van der Waals surface area contributed by atoms with Crippen LogP contribution in [-0.2, 0) is 6.54 Å². The zero-order valence-corrected chi connectivity index (χ0v) is 11.2. The fourth-order valence-corrected chi connectivity index (χ4v) is 1.94. The van der Waals surface area contributed by atoms with Crippen LogP contribution in [0.15, 0.2) is 36.4 Å². The fourth-order valence-electron chi connectivity index (χ4n) is 1.71. The van der Waals surface area contributed by atoms with Crippen LogP contribution in [0.5, 0.6) is 5.75 Å². The monoisotopic (exact) mass is 280 g/mol. The summed E-state index contributed by atoms with van der Waals surface area (Å²) in [6.07, 6.45) is 0. The summed E-state index contributed by atoms with van der Waals surface area (Å²) in [7, 11) is 1.57. The van der Waals surface area contributed by atoms with Crippen LogP contribution in [0.2, 0.25) is 5.02 Å². The fraction of sp³-hybridized carbons (Fsp3) is 0.143. The minimum absolute atomic E-state index is 0.345. The van der Waals surface area contributed by atoms with Crippen LogP contribution in [-0.4, -0.2) is 7.11 Å². The molecular weight excluding hydrogens is 267 g/mol. The van der Waals surface area contributed by atoms with E-state index in [9.17, 15) is 4.39 Å². The van der Waals surface area contributed by atoms with Gasteiger partial charge in [-0.25, -0.2) is 4.39 Å². The molecule has 5 heteroatoms. The summed E-state index contributed by atoms with van der Waals surface area (Å²) in [4.78, 5) is 0. The van der Waals surface area contributed by atoms with Crippen molar-refractivity contribution < 1.29 is 9.13 Å². The Hall–Kier alpha value is -1.94. The van der Waals surface area contributed by atoms with Crippen molar-refractivity contribution in [3.63, 3.8) is 0 Å². The SMILES string of the molecule is COc1ccc(NCc2ccc(F)cc2Cl)cc1N. The molecule has 0 aliphatic heterocycles. The van der Waals surface area contributed by atoms with Gasteiger partial charge in [0.2, 0.25) is 0 Å². The highest BCUT2D eigenvalue weighted by Gasteiger charge is 2.03. The van der Waals surface area contributed by atoms with Gasteiger partial charge in [-0.2, -0.15) is 0 Å². The van der Waals surface area contributed by atoms with Crippen LogP contribution in [0.1, 0.15) is 5.56 Å². The second-order valence-electron chi connectivity index (χ2n) is 4.05. The van der Waals surface area contributed by atoms with Crippen molar-refractivity contribution in [3.05, 3.63) is 52.8 Å². The van der Waals surface area contributed by atoms with Gasteiger partial charge in [0.15, 0.2) is 0 Å². The summed E-state index contributed by atoms with van der Waals surface area (Å²) in [5, 5.41) is 3.57. The first-order chi connectivity index (χ1) is 9.10. The van der Waals surface area contributed by atoms with Crippen molar-refractivity contribution >= 4 is 23.0 Å². The minimum atomic E-state index is -0.345. The smallest absolute Gasteiger partial charge is 0.141 e. The lowest BCUT2D eigenvalue weighted by Crippen LogP contribution is -2.01. The second-order valence-corrected chi connectivity index (χ2v) is 4.45. The van der Waals surface area contributed by atoms with Gasteiger partial charge in [-0.3, -0.25) is 0 Å². The molecule has 19 heavy (non-hydrogen) atoms. The maximum atomic E-state index is 12.9. The first-order valence-electron chi connectivity index (χ1n) is 5.71. The molecule has 0 aliphatic carbocycles. The number of hydrogen-bond donors (Lipinski definition) is 2. The molecule has 0 saturated heterocycles. The average Bonchev–Trinajstić information content (AvgIpc) is 2.38. The van der Waals surface area contributed by atoms with E-state index in [2.05, 4.69) is 5.32 Å². The molecule has 0 spiro atoms. The summed E-state index contributed by atoms with van der Waals surface area (Å²) < 4.78 is 18.0. The number of halogens is 2. The Morgan fingerprint density at radius 2 is 2.05 bits per heavy atom. The third-order valence-corrected chi connectivity index (χ3v) is 3.08. The molecule has 0 bridgehead atoms. The van der Waals surface area contributed by atoms with Crippen LogP contribution in [0.25, 0.3) is 0 Å². The highest BCUT2D eigenvalue weighted by molar-refractivity contribution is 6.31. The molecule has 0 unspecified atom stereocenters. The quantitative estimate of drug-likeness (QED) is 0.840. The maximum absolute atomic E-state index is 12.9. The highest BCUT2D eigenvalue weighted by atomic mass is 35.5. The lowest BCUT2D eigenvalue weighted by atomic mass is 10.2. The predicted octanol–water partition coefficient (Wildman–Crippen LogP) is 3.68. The number of rotatable bonds is 4. The van der Waals surface area contributed by atoms with E-state index in [1.54, 1.807) is 25.3 Å². The summed E-state index contributed by atoms with van der Waals surface area (Å²) in [6, 6.07) is 9.73. The number of methoxy groups -OCH3 is 1. The Morgan fingerprint density at radius 3 is 2.68 bits per heavy atom. The van der Waals surface area contributed by atoms with Gasteiger partial charge in [-0.1, -0.05) is 17.7 Å². The molecular formula is C14H14ClFN2O. The Morgan fingerprint density at radius 1 is 1.26 bits per heavy atom. The van der Waals surface area contributed by atoms with Crippen molar-refractivity contribution in [1.29, 1.82) is 0 Å². The van der Waals surface area contributed by atoms with Gasteiger partial charge < -0.3 is 15.8 Å². The molecule has 0 amide bonds. The first-order valence-corrected chi connectivity index (χ1v) is 6.09. The van der Waals surface area contributed by atoms with Crippen molar-refractivity contribution in [2.45, 2.75) is 6.54 Å². The summed E-state index contributed by atoms with van der Waals surface area (Å²) in [5.74, 6) is 0.285. The number of anilines is 2. The van der Waals surface area contributed by atoms with Crippen LogP contribution < -0.4 is 15.8 Å². The van der Waals surface area contributed by atoms with Gasteiger partial charge in [0.1, 0.15) is 11.6 Å². The van der Waals surface area contributed by atoms with Crippen molar-refractivity contribution in [2.75, 3.05) is 18.2 Å². The van der Waals surface area contributed by atoms with E-state index in [1.807, 2.05) is 6.07 Å². The van der Waals surface area contributed by atoms with Gasteiger partial charge in [0.25, 0.3) is 0 Å². The van der Waals surface area contributed by atoms with E-state index in [1.165, 1.54) is 12.1 Å². The van der Waals surface area contributed by atoms with Crippen LogP contribution in [0.4, 0.5) is 15.8 Å². The molecule has 0 saturated carbocycles. The van der Waals surface area contributed by atoms with E-state index >= 15 is 0 Å². The lowest BCUT2D eigenvalue weighted by molar-refractivity contribution is 0.417. The Kier molecular flexibility index (Phi) is 4.12. The Bertz CT molecular complexity index is 590. The molecule has 3 nitrogen and oxygen atoms in total. The van der Waals surface area contributed by atoms with Crippen LogP contribution >= 0.6 is 11.6 Å². The Labute approximate surface area is 116 Å². The molecule has 100 valence electrons. The average molecular weight is 281 g/mol. The molecule has 0 radical (unpaired) electrons. The first kappa shape index (κ1) is 13.5. The molecule has 0 aromatic heterocycles. The number of nitrogens with one attached hydrogen (secondary N) is 1. The van der Waals surface area contributed by atoms with Gasteiger partial charge in [-0.15, -0.1) is 0 Å². The predicted molar refractivity (Wildman–Crippen MR) is 76.1 cm³/mol. The summed E-state index contributed by atoms with van der Waals surface area (Å²) in [5.41, 5.74) is 8.03. The minimum Gasteiger partial charge on any atom is -0.495 e. The Balaban J connectivity index is 2.08. The van der Waals surface area contributed by atoms with E-state index in [-0.39, 0.29) is 5.82 Å². The normalized spacial score (nSPS) is 10.3. The van der Waals surface area contributed by atoms with E-state index in [0.717, 1.165) is 11.3 Å². The highest BCUT2D eigenvalue weighted by Crippen LogP contribution is 2.25. The zero-order chi connectivity index (χ0) is 13.8. The van der Waals surface area contributed by atoms with Gasteiger partial charge in [0.05, 0.1) is 12.8 Å². The van der Waals surface area contributed by atoms with E-state index in [0.29, 0.717) is 23.0 Å². The second kappa shape index (κ2) is 5.80. The number of benzene rings is 2. The number of ether oxygens (including phenoxy) is 1. The van der Waals surface area contributed by atoms with Crippen molar-refractivity contribution in [1.82, 2.24) is 0 Å². The van der Waals surface area contributed by atoms with Crippen molar-refractivity contribution in [2.24, 2.45) is 0 Å². The van der Waals surface area contributed by atoms with Crippen molar-refractivity contribution in [3.8, 4) is 5.75 Å². The molecule has 3 N–H and O–H groups in total. The number of hydrogen-bond acceptors (Lipinski definition) is 3. The third kappa shape index (κ3) is 3.29. The maximum Gasteiger partial charge on any atom is 0.141 e. The molecule has 0 aliphatic rings. The number of nitrogens with two attached hydrogens (primary N) is 1. The van der Waals surface area contributed by atoms with Crippen LogP contribution in [0, 0.1) is 5.82 Å². The largest absolute Gasteiger partial charge is 0.495 e. The molecule has 2 rings (SSSR count). The molecule has 0 heterocycles. The standard InChI is InChI=1S/C14H14ClFN2O/c1-19-14-5-4-11(7-13(14)17)18-8-9-2-3-10(16)6-12(9)15/h2-7,18H,8,17H2,1H3. The van der Waals surface area contributed by atoms with Crippen LogP contribution in [0.3, 0.4) is 0 Å². The van der Waals surface area contributed by atoms with Gasteiger partial charge in [-0.05, 0) is 35.9 Å². The van der Waals surface area contributed by atoms with Gasteiger partial charge in [0, 0.05) is 17.3 Å². The van der Waals surface area contributed by atoms with E-state index < -0.39 is 0 Å². The molecule has 2 aromatic carbocycles. The third-order valence-electron chi connectivity index (χ3n) is 2.73. The summed E-state index contributed by atoms with van der Waals surface area (Å²) >= 11 is 5.95. The topological polar surface area (TPSA) is 47.3 Å². The van der Waals surface area contributed by atoms with E-state index in [4.69, 9.17) is 22.1 Å². The lowest BCUT2D eigenvalue weighted by Gasteiger charge is -2.10. The molecule has 0 atom stereocenters. The number of nitrogen functional groups attached to an aromatic ring is 1. The van der Waals surface area contributed by atoms with Gasteiger partial charge >= 0.3 is 0 Å². The summed E-state index contributed by atoms with van der Waals surface area (Å²) in [6.45, 7) is 0.491. The zero-order valence-electron chi connectivity index (χ0n) is 10.4. The molecule has 2 aromatic rings.